The minimum absolute atomic E-state index is 0.382. The third-order valence-corrected chi connectivity index (χ3v) is 2.37. The molecule has 0 saturated heterocycles. The summed E-state index contributed by atoms with van der Waals surface area (Å²) in [6, 6.07) is 0. The van der Waals surface area contributed by atoms with Crippen molar-refractivity contribution in [1.29, 1.82) is 0 Å². The molecule has 0 aromatic heterocycles. The van der Waals surface area contributed by atoms with E-state index in [1.165, 1.54) is 0 Å². The molecule has 0 unspecified atom stereocenters. The van der Waals surface area contributed by atoms with E-state index in [0.717, 1.165) is 5.57 Å². The fourth-order valence-electron chi connectivity index (χ4n) is 0.950. The van der Waals surface area contributed by atoms with Crippen molar-refractivity contribution in [3.8, 4) is 0 Å². The largest absolute Gasteiger partial charge is 0.490 e. The summed E-state index contributed by atoms with van der Waals surface area (Å²) in [4.78, 5) is 0.382. The third kappa shape index (κ3) is 3.22. The van der Waals surface area contributed by atoms with Crippen LogP contribution in [0.2, 0.25) is 0 Å². The Bertz CT molecular complexity index is 416. The Morgan fingerprint density at radius 2 is 2.29 bits per heavy atom. The van der Waals surface area contributed by atoms with Gasteiger partial charge in [0.05, 0.1) is 4.86 Å². The van der Waals surface area contributed by atoms with Gasteiger partial charge in [-0.1, -0.05) is 6.58 Å². The van der Waals surface area contributed by atoms with E-state index in [4.69, 9.17) is 4.74 Å². The molecule has 0 fully saturated rings. The van der Waals surface area contributed by atoms with Gasteiger partial charge in [-0.05, 0) is 30.7 Å². The summed E-state index contributed by atoms with van der Waals surface area (Å²) < 4.78 is 26.4. The van der Waals surface area contributed by atoms with Gasteiger partial charge in [-0.15, -0.1) is 0 Å². The van der Waals surface area contributed by atoms with E-state index in [1.807, 2.05) is 6.92 Å². The maximum Gasteiger partial charge on any atom is 0.217 e. The van der Waals surface area contributed by atoms with E-state index < -0.39 is 10.3 Å². The zero-order valence-corrected chi connectivity index (χ0v) is 8.80. The van der Waals surface area contributed by atoms with Gasteiger partial charge in [0.25, 0.3) is 0 Å². The van der Waals surface area contributed by atoms with Crippen LogP contribution in [0.4, 0.5) is 0 Å². The number of hydrogen-bond acceptors (Lipinski definition) is 3. The van der Waals surface area contributed by atoms with Gasteiger partial charge in [0.15, 0.2) is 0 Å². The van der Waals surface area contributed by atoms with E-state index in [2.05, 4.69) is 6.58 Å². The molecule has 0 aromatic rings. The van der Waals surface area contributed by atoms with Crippen molar-refractivity contribution in [2.24, 2.45) is 0 Å². The highest BCUT2D eigenvalue weighted by molar-refractivity contribution is 7.73. The summed E-state index contributed by atoms with van der Waals surface area (Å²) in [6.45, 7) is 6.04. The lowest BCUT2D eigenvalue weighted by Gasteiger charge is -2.09. The number of rotatable bonds is 3. The van der Waals surface area contributed by atoms with Crippen molar-refractivity contribution in [2.45, 2.75) is 13.3 Å². The van der Waals surface area contributed by atoms with Crippen molar-refractivity contribution < 1.29 is 13.2 Å². The van der Waals surface area contributed by atoms with Crippen LogP contribution in [0.15, 0.2) is 36.1 Å². The zero-order chi connectivity index (χ0) is 10.6. The summed E-state index contributed by atoms with van der Waals surface area (Å²) in [5, 5.41) is 0. The summed E-state index contributed by atoms with van der Waals surface area (Å²) in [7, 11) is -2.12. The van der Waals surface area contributed by atoms with Crippen LogP contribution in [0.5, 0.6) is 0 Å². The molecule has 1 aliphatic rings. The molecule has 4 heteroatoms. The lowest BCUT2D eigenvalue weighted by Crippen LogP contribution is -2.02. The van der Waals surface area contributed by atoms with Crippen molar-refractivity contribution in [1.82, 2.24) is 0 Å². The number of hydrogen-bond donors (Lipinski definition) is 0. The first-order chi connectivity index (χ1) is 6.59. The Labute approximate surface area is 84.9 Å². The Balaban J connectivity index is 2.60. The fraction of sp³-hybridized carbons (Fsp3) is 0.300. The highest BCUT2D eigenvalue weighted by atomic mass is 32.2. The Kier molecular flexibility index (Phi) is 3.71. The molecular formula is C10H12O3S. The highest BCUT2D eigenvalue weighted by Gasteiger charge is 2.04. The first-order valence-corrected chi connectivity index (χ1v) is 5.27. The topological polar surface area (TPSA) is 43.4 Å². The van der Waals surface area contributed by atoms with Gasteiger partial charge < -0.3 is 4.74 Å². The lowest BCUT2D eigenvalue weighted by molar-refractivity contribution is 0.252. The average molecular weight is 212 g/mol. The van der Waals surface area contributed by atoms with Crippen LogP contribution in [-0.4, -0.2) is 19.9 Å². The molecule has 0 saturated carbocycles. The molecule has 1 aliphatic carbocycles. The normalized spacial score (nSPS) is 14.9. The first-order valence-electron chi connectivity index (χ1n) is 4.20. The Morgan fingerprint density at radius 1 is 1.57 bits per heavy atom. The average Bonchev–Trinajstić information content (AvgIpc) is 2.15. The van der Waals surface area contributed by atoms with Gasteiger partial charge in [0.2, 0.25) is 10.3 Å². The van der Waals surface area contributed by atoms with Crippen LogP contribution in [-0.2, 0) is 15.0 Å². The summed E-state index contributed by atoms with van der Waals surface area (Å²) in [5.74, 6) is 0.696. The molecule has 76 valence electrons. The van der Waals surface area contributed by atoms with Crippen molar-refractivity contribution in [3.63, 3.8) is 0 Å². The van der Waals surface area contributed by atoms with Crippen LogP contribution >= 0.6 is 0 Å². The van der Waals surface area contributed by atoms with Crippen LogP contribution < -0.4 is 0 Å². The van der Waals surface area contributed by atoms with E-state index in [-0.39, 0.29) is 0 Å². The third-order valence-electron chi connectivity index (χ3n) is 1.64. The van der Waals surface area contributed by atoms with Crippen LogP contribution in [0.1, 0.15) is 13.3 Å². The molecule has 3 nitrogen and oxygen atoms in total. The molecule has 0 amide bonds. The maximum atomic E-state index is 10.6. The molecule has 0 aliphatic heterocycles. The minimum atomic E-state index is -2.12. The van der Waals surface area contributed by atoms with Gasteiger partial charge >= 0.3 is 0 Å². The molecule has 0 atom stereocenters. The van der Waals surface area contributed by atoms with Gasteiger partial charge in [0, 0.05) is 6.42 Å². The van der Waals surface area contributed by atoms with E-state index in [0.29, 0.717) is 23.7 Å². The molecule has 0 radical (unpaired) electrons. The van der Waals surface area contributed by atoms with Gasteiger partial charge in [0.1, 0.15) is 12.4 Å². The summed E-state index contributed by atoms with van der Waals surface area (Å²) >= 11 is 0. The molecule has 1 rings (SSSR count). The summed E-state index contributed by atoms with van der Waals surface area (Å²) in [5.41, 5.74) is 0.932. The van der Waals surface area contributed by atoms with Crippen molar-refractivity contribution in [3.05, 3.63) is 36.1 Å². The van der Waals surface area contributed by atoms with Crippen LogP contribution in [0.3, 0.4) is 0 Å². The van der Waals surface area contributed by atoms with Gasteiger partial charge in [-0.2, -0.15) is 8.42 Å². The first kappa shape index (κ1) is 10.8. The highest BCUT2D eigenvalue weighted by Crippen LogP contribution is 2.09. The van der Waals surface area contributed by atoms with Crippen molar-refractivity contribution >= 4 is 15.2 Å². The lowest BCUT2D eigenvalue weighted by atomic mass is 10.2. The van der Waals surface area contributed by atoms with Crippen LogP contribution in [0.25, 0.3) is 0 Å². The van der Waals surface area contributed by atoms with Crippen LogP contribution in [0, 0.1) is 0 Å². The predicted molar refractivity (Wildman–Crippen MR) is 56.5 cm³/mol. The predicted octanol–water partition coefficient (Wildman–Crippen LogP) is 1.47. The molecule has 0 spiro atoms. The molecular weight excluding hydrogens is 200 g/mol. The van der Waals surface area contributed by atoms with Crippen molar-refractivity contribution in [2.75, 3.05) is 6.61 Å². The van der Waals surface area contributed by atoms with E-state index >= 15 is 0 Å². The Hall–Kier alpha value is -1.29. The SMILES string of the molecule is C=C(C)COC1=CCC(=S(=O)=O)C=C1. The smallest absolute Gasteiger partial charge is 0.217 e. The zero-order valence-electron chi connectivity index (χ0n) is 7.99. The fourth-order valence-corrected chi connectivity index (χ4v) is 1.35. The monoisotopic (exact) mass is 212 g/mol. The Morgan fingerprint density at radius 3 is 2.71 bits per heavy atom. The quantitative estimate of drug-likeness (QED) is 0.525. The number of ether oxygens (including phenoxy) is 1. The molecule has 0 aromatic carbocycles. The van der Waals surface area contributed by atoms with Gasteiger partial charge in [-0.25, -0.2) is 0 Å². The van der Waals surface area contributed by atoms with Gasteiger partial charge in [-0.3, -0.25) is 0 Å². The second-order valence-corrected chi connectivity index (χ2v) is 4.08. The molecule has 14 heavy (non-hydrogen) atoms. The second-order valence-electron chi connectivity index (χ2n) is 3.09. The van der Waals surface area contributed by atoms with E-state index in [1.54, 1.807) is 18.2 Å². The molecule has 0 heterocycles. The maximum absolute atomic E-state index is 10.6. The molecule has 0 bridgehead atoms. The number of allylic oxidation sites excluding steroid dienone is 3. The standard InChI is InChI=1S/C10H12O3S/c1-8(2)7-13-9-3-5-10(6-4-9)14(11)12/h3-5H,1,6-7H2,2H3. The van der Waals surface area contributed by atoms with E-state index in [9.17, 15) is 8.42 Å². The second kappa shape index (κ2) is 4.81. The summed E-state index contributed by atoms with van der Waals surface area (Å²) in [6.07, 6.45) is 5.35. The molecule has 0 N–H and O–H groups in total. The minimum Gasteiger partial charge on any atom is -0.490 e.